The molecule has 0 spiro atoms. The molecule has 0 saturated carbocycles. The number of rotatable bonds is 6. The van der Waals surface area contributed by atoms with Gasteiger partial charge in [-0.25, -0.2) is 5.10 Å². The summed E-state index contributed by atoms with van der Waals surface area (Å²) >= 11 is 0. The van der Waals surface area contributed by atoms with Crippen LogP contribution in [0.3, 0.4) is 0 Å². The number of H-pyrrole nitrogens is 1. The fourth-order valence-electron chi connectivity index (χ4n) is 1.47. The van der Waals surface area contributed by atoms with E-state index in [4.69, 9.17) is 9.52 Å². The fourth-order valence-corrected chi connectivity index (χ4v) is 1.47. The van der Waals surface area contributed by atoms with Gasteiger partial charge in [0.05, 0.1) is 0 Å². The SMILES string of the molecule is O=C(O)CCCCc1nnc(-c2ccc(=O)[nH]n2)o1. The van der Waals surface area contributed by atoms with E-state index in [2.05, 4.69) is 20.4 Å². The number of carboxylic acid groups (broad SMARTS) is 1. The summed E-state index contributed by atoms with van der Waals surface area (Å²) in [6.45, 7) is 0. The van der Waals surface area contributed by atoms with E-state index in [9.17, 15) is 9.59 Å². The van der Waals surface area contributed by atoms with Gasteiger partial charge in [0.15, 0.2) is 0 Å². The molecule has 100 valence electrons. The van der Waals surface area contributed by atoms with Crippen molar-refractivity contribution < 1.29 is 14.3 Å². The first-order chi connectivity index (χ1) is 9.15. The normalized spacial score (nSPS) is 10.5. The molecule has 0 bridgehead atoms. The Morgan fingerprint density at radius 1 is 1.32 bits per heavy atom. The lowest BCUT2D eigenvalue weighted by molar-refractivity contribution is -0.137. The minimum Gasteiger partial charge on any atom is -0.481 e. The van der Waals surface area contributed by atoms with Crippen LogP contribution in [0, 0.1) is 0 Å². The quantitative estimate of drug-likeness (QED) is 0.733. The van der Waals surface area contributed by atoms with Gasteiger partial charge in [-0.3, -0.25) is 9.59 Å². The van der Waals surface area contributed by atoms with Gasteiger partial charge in [0.1, 0.15) is 5.69 Å². The van der Waals surface area contributed by atoms with Gasteiger partial charge in [0.25, 0.3) is 11.4 Å². The van der Waals surface area contributed by atoms with Crippen LogP contribution in [0.1, 0.15) is 25.2 Å². The number of hydrogen-bond donors (Lipinski definition) is 2. The lowest BCUT2D eigenvalue weighted by atomic mass is 10.2. The van der Waals surface area contributed by atoms with E-state index in [1.165, 1.54) is 12.1 Å². The van der Waals surface area contributed by atoms with Crippen LogP contribution in [0.15, 0.2) is 21.3 Å². The van der Waals surface area contributed by atoms with Crippen LogP contribution in [-0.4, -0.2) is 31.5 Å². The summed E-state index contributed by atoms with van der Waals surface area (Å²) in [5, 5.41) is 22.2. The van der Waals surface area contributed by atoms with E-state index in [-0.39, 0.29) is 17.9 Å². The van der Waals surface area contributed by atoms with E-state index >= 15 is 0 Å². The van der Waals surface area contributed by atoms with Gasteiger partial charge < -0.3 is 9.52 Å². The zero-order valence-corrected chi connectivity index (χ0v) is 10.00. The van der Waals surface area contributed by atoms with Crippen molar-refractivity contribution in [3.63, 3.8) is 0 Å². The summed E-state index contributed by atoms with van der Waals surface area (Å²) in [4.78, 5) is 21.2. The van der Waals surface area contributed by atoms with Crippen molar-refractivity contribution in [2.24, 2.45) is 0 Å². The van der Waals surface area contributed by atoms with Crippen LogP contribution in [0.5, 0.6) is 0 Å². The maximum absolute atomic E-state index is 10.9. The highest BCUT2D eigenvalue weighted by Gasteiger charge is 2.09. The molecule has 2 N–H and O–H groups in total. The molecule has 0 unspecified atom stereocenters. The smallest absolute Gasteiger partial charge is 0.303 e. The summed E-state index contributed by atoms with van der Waals surface area (Å²) < 4.78 is 5.36. The second-order valence-corrected chi connectivity index (χ2v) is 3.91. The molecule has 0 radical (unpaired) electrons. The minimum atomic E-state index is -0.816. The predicted octanol–water partition coefficient (Wildman–Crippen LogP) is 0.617. The highest BCUT2D eigenvalue weighted by atomic mass is 16.4. The van der Waals surface area contributed by atoms with Crippen LogP contribution in [0.2, 0.25) is 0 Å². The number of carbonyl (C=O) groups is 1. The molecule has 0 saturated heterocycles. The van der Waals surface area contributed by atoms with Crippen molar-refractivity contribution in [2.75, 3.05) is 0 Å². The highest BCUT2D eigenvalue weighted by molar-refractivity contribution is 5.66. The van der Waals surface area contributed by atoms with Gasteiger partial charge in [0.2, 0.25) is 5.89 Å². The largest absolute Gasteiger partial charge is 0.481 e. The van der Waals surface area contributed by atoms with Crippen molar-refractivity contribution >= 4 is 5.97 Å². The summed E-state index contributed by atoms with van der Waals surface area (Å²) in [5.41, 5.74) is 0.0843. The van der Waals surface area contributed by atoms with Crippen LogP contribution >= 0.6 is 0 Å². The molecule has 8 heteroatoms. The van der Waals surface area contributed by atoms with E-state index in [1.54, 1.807) is 0 Å². The van der Waals surface area contributed by atoms with Crippen molar-refractivity contribution in [3.8, 4) is 11.6 Å². The Labute approximate surface area is 107 Å². The molecule has 0 aliphatic rings. The van der Waals surface area contributed by atoms with E-state index in [1.807, 2.05) is 0 Å². The highest BCUT2D eigenvalue weighted by Crippen LogP contribution is 2.14. The second-order valence-electron chi connectivity index (χ2n) is 3.91. The topological polar surface area (TPSA) is 122 Å². The lowest BCUT2D eigenvalue weighted by Gasteiger charge is -1.94. The first kappa shape index (κ1) is 12.9. The number of nitrogens with one attached hydrogen (secondary N) is 1. The molecule has 0 amide bonds. The van der Waals surface area contributed by atoms with Crippen molar-refractivity contribution in [1.82, 2.24) is 20.4 Å². The van der Waals surface area contributed by atoms with Gasteiger partial charge in [0, 0.05) is 18.9 Å². The predicted molar refractivity (Wildman–Crippen MR) is 63.3 cm³/mol. The molecule has 0 fully saturated rings. The molecule has 8 nitrogen and oxygen atoms in total. The van der Waals surface area contributed by atoms with Crippen molar-refractivity contribution in [3.05, 3.63) is 28.4 Å². The summed E-state index contributed by atoms with van der Waals surface area (Å²) in [7, 11) is 0. The Kier molecular flexibility index (Phi) is 4.01. The number of aromatic amines is 1. The Hall–Kier alpha value is -2.51. The van der Waals surface area contributed by atoms with Gasteiger partial charge in [-0.15, -0.1) is 10.2 Å². The number of aromatic nitrogens is 4. The maximum Gasteiger partial charge on any atom is 0.303 e. The van der Waals surface area contributed by atoms with E-state index in [0.717, 1.165) is 0 Å². The maximum atomic E-state index is 10.9. The average molecular weight is 264 g/mol. The third-order valence-electron chi connectivity index (χ3n) is 2.40. The first-order valence-corrected chi connectivity index (χ1v) is 5.75. The van der Waals surface area contributed by atoms with Crippen LogP contribution in [0.4, 0.5) is 0 Å². The van der Waals surface area contributed by atoms with E-state index in [0.29, 0.717) is 30.8 Å². The van der Waals surface area contributed by atoms with E-state index < -0.39 is 5.97 Å². The molecule has 2 heterocycles. The number of nitrogens with zero attached hydrogens (tertiary/aromatic N) is 3. The Morgan fingerprint density at radius 2 is 2.16 bits per heavy atom. The number of carboxylic acids is 1. The van der Waals surface area contributed by atoms with Crippen molar-refractivity contribution in [1.29, 1.82) is 0 Å². The molecular weight excluding hydrogens is 252 g/mol. The van der Waals surface area contributed by atoms with Gasteiger partial charge in [-0.2, -0.15) is 5.10 Å². The molecule has 0 atom stereocenters. The number of unbranched alkanes of at least 4 members (excludes halogenated alkanes) is 1. The minimum absolute atomic E-state index is 0.127. The number of hydrogen-bond acceptors (Lipinski definition) is 6. The van der Waals surface area contributed by atoms with Crippen LogP contribution in [-0.2, 0) is 11.2 Å². The average Bonchev–Trinajstić information content (AvgIpc) is 2.84. The van der Waals surface area contributed by atoms with Crippen LogP contribution in [0.25, 0.3) is 11.6 Å². The van der Waals surface area contributed by atoms with Gasteiger partial charge in [-0.05, 0) is 18.9 Å². The van der Waals surface area contributed by atoms with Crippen LogP contribution < -0.4 is 5.56 Å². The molecule has 2 aromatic heterocycles. The fraction of sp³-hybridized carbons (Fsp3) is 0.364. The molecule has 0 aromatic carbocycles. The Bertz CT molecular complexity index is 599. The molecular formula is C11H12N4O4. The monoisotopic (exact) mass is 264 g/mol. The number of aryl methyl sites for hydroxylation is 1. The first-order valence-electron chi connectivity index (χ1n) is 5.75. The second kappa shape index (κ2) is 5.89. The molecule has 0 aliphatic heterocycles. The Balaban J connectivity index is 1.93. The van der Waals surface area contributed by atoms with Crippen molar-refractivity contribution in [2.45, 2.75) is 25.7 Å². The number of aliphatic carboxylic acids is 1. The zero-order chi connectivity index (χ0) is 13.7. The molecule has 19 heavy (non-hydrogen) atoms. The zero-order valence-electron chi connectivity index (χ0n) is 10.00. The molecule has 2 rings (SSSR count). The standard InChI is InChI=1S/C11H12N4O4/c16-8-6-5-7(12-13-8)11-15-14-9(19-11)3-1-2-4-10(17)18/h5-6H,1-4H2,(H,13,16)(H,17,18). The van der Waals surface area contributed by atoms with Gasteiger partial charge >= 0.3 is 5.97 Å². The molecule has 0 aliphatic carbocycles. The lowest BCUT2D eigenvalue weighted by Crippen LogP contribution is -2.05. The summed E-state index contributed by atoms with van der Waals surface area (Å²) in [6, 6.07) is 2.81. The summed E-state index contributed by atoms with van der Waals surface area (Å²) in [6.07, 6.45) is 1.86. The molecule has 2 aromatic rings. The summed E-state index contributed by atoms with van der Waals surface area (Å²) in [5.74, 6) is -0.165. The third kappa shape index (κ3) is 3.73. The Morgan fingerprint density at radius 3 is 2.84 bits per heavy atom. The van der Waals surface area contributed by atoms with Gasteiger partial charge in [-0.1, -0.05) is 0 Å². The third-order valence-corrected chi connectivity index (χ3v) is 2.40.